The lowest BCUT2D eigenvalue weighted by Gasteiger charge is -2.09. The fourth-order valence-corrected chi connectivity index (χ4v) is 3.79. The third-order valence-electron chi connectivity index (χ3n) is 4.37. The molecule has 4 aromatic rings. The number of nitrogens with one attached hydrogen (secondary N) is 2. The zero-order chi connectivity index (χ0) is 20.8. The maximum absolute atomic E-state index is 12.7. The Morgan fingerprint density at radius 3 is 2.70 bits per heavy atom. The monoisotopic (exact) mass is 420 g/mol. The number of carbonyl (C=O) groups excluding carboxylic acids is 2. The molecule has 7 nitrogen and oxygen atoms in total. The van der Waals surface area contributed by atoms with Crippen molar-refractivity contribution in [1.29, 1.82) is 0 Å². The molecule has 0 bridgehead atoms. The van der Waals surface area contributed by atoms with Crippen LogP contribution in [-0.2, 0) is 17.9 Å². The van der Waals surface area contributed by atoms with Gasteiger partial charge in [-0.25, -0.2) is 4.98 Å². The van der Waals surface area contributed by atoms with Crippen LogP contribution in [0.5, 0.6) is 0 Å². The lowest BCUT2D eigenvalue weighted by atomic mass is 10.2. The summed E-state index contributed by atoms with van der Waals surface area (Å²) in [5, 5.41) is 5.71. The van der Waals surface area contributed by atoms with E-state index in [1.807, 2.05) is 47.1 Å². The molecule has 0 aliphatic heterocycles. The molecule has 0 unspecified atom stereocenters. The number of benzene rings is 1. The van der Waals surface area contributed by atoms with Crippen LogP contribution in [0.4, 0.5) is 0 Å². The van der Waals surface area contributed by atoms with Gasteiger partial charge in [0.25, 0.3) is 5.91 Å². The molecule has 4 rings (SSSR count). The smallest absolute Gasteiger partial charge is 0.252 e. The van der Waals surface area contributed by atoms with E-state index < -0.39 is 0 Å². The van der Waals surface area contributed by atoms with Crippen molar-refractivity contribution >= 4 is 29.2 Å². The highest BCUT2D eigenvalue weighted by Crippen LogP contribution is 2.22. The quantitative estimate of drug-likeness (QED) is 0.427. The number of nitrogens with zero attached hydrogens (tertiary/aromatic N) is 2. The van der Waals surface area contributed by atoms with E-state index in [1.165, 1.54) is 11.8 Å². The summed E-state index contributed by atoms with van der Waals surface area (Å²) >= 11 is 1.32. The van der Waals surface area contributed by atoms with Gasteiger partial charge in [0.15, 0.2) is 0 Å². The van der Waals surface area contributed by atoms with Gasteiger partial charge >= 0.3 is 0 Å². The Morgan fingerprint density at radius 1 is 1.00 bits per heavy atom. The van der Waals surface area contributed by atoms with Crippen LogP contribution in [0.25, 0.3) is 5.65 Å². The van der Waals surface area contributed by atoms with Crippen LogP contribution in [0.1, 0.15) is 21.8 Å². The number of aromatic nitrogens is 2. The topological polar surface area (TPSA) is 88.6 Å². The molecule has 2 amide bonds. The number of furan rings is 1. The average Bonchev–Trinajstić information content (AvgIpc) is 3.44. The summed E-state index contributed by atoms with van der Waals surface area (Å²) in [7, 11) is 0. The molecule has 30 heavy (non-hydrogen) atoms. The summed E-state index contributed by atoms with van der Waals surface area (Å²) in [5.41, 5.74) is 2.14. The first kappa shape index (κ1) is 19.8. The maximum atomic E-state index is 12.7. The summed E-state index contributed by atoms with van der Waals surface area (Å²) in [6.07, 6.45) is 5.37. The number of imidazole rings is 1. The van der Waals surface area contributed by atoms with E-state index in [4.69, 9.17) is 4.42 Å². The Balaban J connectivity index is 1.33. The standard InChI is InChI=1S/C22H20N4O3S/c27-21(23-13-17-6-5-11-29-17)15-30-19-8-2-1-7-18(19)22(28)24-12-16-14-26-10-4-3-9-20(26)25-16/h1-11,14H,12-13,15H2,(H,23,27)(H,24,28). The number of thioether (sulfide) groups is 1. The zero-order valence-corrected chi connectivity index (χ0v) is 16.9. The molecular formula is C22H20N4O3S. The Hall–Kier alpha value is -3.52. The first-order chi connectivity index (χ1) is 14.7. The van der Waals surface area contributed by atoms with Crippen molar-refractivity contribution in [2.45, 2.75) is 18.0 Å². The van der Waals surface area contributed by atoms with Crippen LogP contribution in [0.2, 0.25) is 0 Å². The number of amides is 2. The minimum atomic E-state index is -0.203. The van der Waals surface area contributed by atoms with Gasteiger partial charge in [0, 0.05) is 17.3 Å². The first-order valence-corrected chi connectivity index (χ1v) is 10.4. The molecule has 2 N–H and O–H groups in total. The highest BCUT2D eigenvalue weighted by atomic mass is 32.2. The Bertz CT molecular complexity index is 1120. The average molecular weight is 420 g/mol. The molecular weight excluding hydrogens is 400 g/mol. The molecule has 8 heteroatoms. The van der Waals surface area contributed by atoms with Crippen LogP contribution in [0, 0.1) is 0 Å². The second kappa shape index (κ2) is 9.32. The molecule has 3 heterocycles. The lowest BCUT2D eigenvalue weighted by molar-refractivity contribution is -0.118. The predicted molar refractivity (Wildman–Crippen MR) is 114 cm³/mol. The van der Waals surface area contributed by atoms with Gasteiger partial charge in [-0.05, 0) is 36.4 Å². The van der Waals surface area contributed by atoms with Crippen LogP contribution in [0.3, 0.4) is 0 Å². The number of hydrogen-bond donors (Lipinski definition) is 2. The van der Waals surface area contributed by atoms with Crippen molar-refractivity contribution in [3.63, 3.8) is 0 Å². The third kappa shape index (κ3) is 4.90. The summed E-state index contributed by atoms with van der Waals surface area (Å²) in [6.45, 7) is 0.663. The largest absolute Gasteiger partial charge is 0.467 e. The van der Waals surface area contributed by atoms with E-state index in [2.05, 4.69) is 15.6 Å². The maximum Gasteiger partial charge on any atom is 0.252 e. The first-order valence-electron chi connectivity index (χ1n) is 9.41. The number of rotatable bonds is 8. The van der Waals surface area contributed by atoms with Gasteiger partial charge in [0.2, 0.25) is 5.91 Å². The second-order valence-electron chi connectivity index (χ2n) is 6.52. The van der Waals surface area contributed by atoms with Crippen LogP contribution >= 0.6 is 11.8 Å². The predicted octanol–water partition coefficient (Wildman–Crippen LogP) is 3.27. The molecule has 0 spiro atoms. The Kier molecular flexibility index (Phi) is 6.14. The van der Waals surface area contributed by atoms with E-state index in [1.54, 1.807) is 30.5 Å². The number of fused-ring (bicyclic) bond motifs is 1. The van der Waals surface area contributed by atoms with Gasteiger partial charge in [-0.1, -0.05) is 18.2 Å². The van der Waals surface area contributed by atoms with Gasteiger partial charge in [-0.2, -0.15) is 0 Å². The molecule has 0 fully saturated rings. The minimum Gasteiger partial charge on any atom is -0.467 e. The molecule has 3 aromatic heterocycles. The normalized spacial score (nSPS) is 10.8. The Morgan fingerprint density at radius 2 is 1.87 bits per heavy atom. The lowest BCUT2D eigenvalue weighted by Crippen LogP contribution is -2.25. The van der Waals surface area contributed by atoms with E-state index >= 15 is 0 Å². The molecule has 0 aliphatic rings. The fraction of sp³-hybridized carbons (Fsp3) is 0.136. The summed E-state index contributed by atoms with van der Waals surface area (Å²) in [6, 6.07) is 16.6. The van der Waals surface area contributed by atoms with Crippen molar-refractivity contribution in [3.8, 4) is 0 Å². The minimum absolute atomic E-state index is 0.128. The summed E-state index contributed by atoms with van der Waals surface area (Å²) in [5.74, 6) is 0.569. The number of carbonyl (C=O) groups is 2. The molecule has 1 aromatic carbocycles. The van der Waals surface area contributed by atoms with Gasteiger partial charge < -0.3 is 19.5 Å². The number of pyridine rings is 1. The van der Waals surface area contributed by atoms with Gasteiger partial charge in [0.05, 0.1) is 36.4 Å². The van der Waals surface area contributed by atoms with E-state index in [0.29, 0.717) is 24.4 Å². The van der Waals surface area contributed by atoms with E-state index in [0.717, 1.165) is 16.2 Å². The fourth-order valence-electron chi connectivity index (χ4n) is 2.91. The summed E-state index contributed by atoms with van der Waals surface area (Å²) in [4.78, 5) is 30.0. The van der Waals surface area contributed by atoms with E-state index in [9.17, 15) is 9.59 Å². The molecule has 0 aliphatic carbocycles. The van der Waals surface area contributed by atoms with Crippen LogP contribution in [-0.4, -0.2) is 27.0 Å². The van der Waals surface area contributed by atoms with Crippen molar-refractivity contribution in [1.82, 2.24) is 20.0 Å². The highest BCUT2D eigenvalue weighted by molar-refractivity contribution is 8.00. The van der Waals surface area contributed by atoms with Crippen molar-refractivity contribution in [2.24, 2.45) is 0 Å². The van der Waals surface area contributed by atoms with Crippen LogP contribution in [0.15, 0.2) is 82.6 Å². The Labute approximate surface area is 177 Å². The number of hydrogen-bond acceptors (Lipinski definition) is 5. The molecule has 0 radical (unpaired) electrons. The SMILES string of the molecule is O=C(CSc1ccccc1C(=O)NCc1cn2ccccc2n1)NCc1ccco1. The second-order valence-corrected chi connectivity index (χ2v) is 7.54. The van der Waals surface area contributed by atoms with E-state index in [-0.39, 0.29) is 17.6 Å². The van der Waals surface area contributed by atoms with Gasteiger partial charge in [0.1, 0.15) is 11.4 Å². The molecule has 0 saturated heterocycles. The van der Waals surface area contributed by atoms with Gasteiger partial charge in [-0.15, -0.1) is 11.8 Å². The third-order valence-corrected chi connectivity index (χ3v) is 5.45. The van der Waals surface area contributed by atoms with Crippen LogP contribution < -0.4 is 10.6 Å². The molecule has 0 atom stereocenters. The van der Waals surface area contributed by atoms with Gasteiger partial charge in [-0.3, -0.25) is 9.59 Å². The zero-order valence-electron chi connectivity index (χ0n) is 16.1. The molecule has 152 valence electrons. The summed E-state index contributed by atoms with van der Waals surface area (Å²) < 4.78 is 7.11. The van der Waals surface area contributed by atoms with Crippen molar-refractivity contribution < 1.29 is 14.0 Å². The van der Waals surface area contributed by atoms with Crippen molar-refractivity contribution in [2.75, 3.05) is 5.75 Å². The highest BCUT2D eigenvalue weighted by Gasteiger charge is 2.13. The molecule has 0 saturated carbocycles. The van der Waals surface area contributed by atoms with Crippen molar-refractivity contribution in [3.05, 3.63) is 90.3 Å².